The molecule has 0 aromatic heterocycles. The molecule has 0 bridgehead atoms. The number of rotatable bonds is 2. The molecule has 0 fully saturated rings. The summed E-state index contributed by atoms with van der Waals surface area (Å²) in [6.45, 7) is 0. The lowest BCUT2D eigenvalue weighted by Crippen LogP contribution is -2.06. The van der Waals surface area contributed by atoms with Crippen LogP contribution in [0.2, 0.25) is 0 Å². The van der Waals surface area contributed by atoms with Gasteiger partial charge in [0.2, 0.25) is 0 Å². The topological polar surface area (TPSA) is 15.3 Å². The van der Waals surface area contributed by atoms with Crippen LogP contribution in [0.1, 0.15) is 0 Å². The molecule has 0 heterocycles. The lowest BCUT2D eigenvalue weighted by molar-refractivity contribution is 0.697. The molecule has 38 valence electrons. The maximum absolute atomic E-state index is 2.91. The van der Waals surface area contributed by atoms with Gasteiger partial charge in [-0.25, -0.2) is 4.31 Å². The van der Waals surface area contributed by atoms with Crippen LogP contribution in [0.3, 0.4) is 0 Å². The number of hydrogen-bond donors (Lipinski definition) is 1. The number of nitrogens with zero attached hydrogens (tertiary/aromatic N) is 1. The Morgan fingerprint density at radius 3 is 2.00 bits per heavy atom. The number of hydrogen-bond acceptors (Lipinski definition) is 3. The summed E-state index contributed by atoms with van der Waals surface area (Å²) in [7, 11) is 5.87. The Balaban J connectivity index is 2.63. The van der Waals surface area contributed by atoms with E-state index in [9.17, 15) is 0 Å². The molecule has 0 unspecified atom stereocenters. The first-order chi connectivity index (χ1) is 2.77. The second-order valence-corrected chi connectivity index (χ2v) is 2.43. The van der Waals surface area contributed by atoms with Gasteiger partial charge < -0.3 is 0 Å². The van der Waals surface area contributed by atoms with Crippen molar-refractivity contribution in [3.8, 4) is 0 Å². The van der Waals surface area contributed by atoms with E-state index in [1.54, 1.807) is 12.1 Å². The third-order valence-electron chi connectivity index (χ3n) is 0.274. The van der Waals surface area contributed by atoms with Crippen LogP contribution in [0.25, 0.3) is 0 Å². The first kappa shape index (κ1) is 6.27. The first-order valence-corrected chi connectivity index (χ1v) is 2.55. The molecule has 0 aliphatic rings. The summed E-state index contributed by atoms with van der Waals surface area (Å²) in [6.07, 6.45) is 0. The largest absolute Gasteiger partial charge is 0.254 e. The zero-order chi connectivity index (χ0) is 4.99. The quantitative estimate of drug-likeness (QED) is 0.511. The lowest BCUT2D eigenvalue weighted by atomic mass is 11.3. The van der Waals surface area contributed by atoms with Crippen LogP contribution in [0.4, 0.5) is 0 Å². The van der Waals surface area contributed by atoms with Crippen molar-refractivity contribution in [2.45, 2.75) is 0 Å². The van der Waals surface area contributed by atoms with Crippen LogP contribution < -0.4 is 4.72 Å². The van der Waals surface area contributed by atoms with Crippen LogP contribution in [-0.4, -0.2) is 25.4 Å². The zero-order valence-corrected chi connectivity index (χ0v) is 5.17. The fourth-order valence-electron chi connectivity index (χ4n) is 0.183. The molecule has 0 aromatic rings. The fourth-order valence-corrected chi connectivity index (χ4v) is 0.548. The Morgan fingerprint density at radius 2 is 2.00 bits per heavy atom. The monoisotopic (exact) mass is 106 g/mol. The predicted molar refractivity (Wildman–Crippen MR) is 30.3 cm³/mol. The van der Waals surface area contributed by atoms with Crippen molar-refractivity contribution < 1.29 is 0 Å². The average molecular weight is 106 g/mol. The van der Waals surface area contributed by atoms with E-state index >= 15 is 0 Å². The van der Waals surface area contributed by atoms with Gasteiger partial charge >= 0.3 is 0 Å². The van der Waals surface area contributed by atoms with Crippen molar-refractivity contribution >= 4 is 12.1 Å². The molecule has 2 nitrogen and oxygen atoms in total. The van der Waals surface area contributed by atoms with E-state index in [4.69, 9.17) is 0 Å². The van der Waals surface area contributed by atoms with E-state index in [-0.39, 0.29) is 0 Å². The SMILES string of the molecule is CNSN(C)C. The summed E-state index contributed by atoms with van der Waals surface area (Å²) in [6, 6.07) is 0. The summed E-state index contributed by atoms with van der Waals surface area (Å²) in [5, 5.41) is 0. The van der Waals surface area contributed by atoms with Crippen molar-refractivity contribution in [1.29, 1.82) is 0 Å². The fraction of sp³-hybridized carbons (Fsp3) is 1.00. The van der Waals surface area contributed by atoms with Crippen molar-refractivity contribution in [3.63, 3.8) is 0 Å². The van der Waals surface area contributed by atoms with Crippen molar-refractivity contribution in [2.75, 3.05) is 21.1 Å². The van der Waals surface area contributed by atoms with Crippen LogP contribution in [0.15, 0.2) is 0 Å². The highest BCUT2D eigenvalue weighted by molar-refractivity contribution is 7.95. The van der Waals surface area contributed by atoms with Crippen LogP contribution in [-0.2, 0) is 0 Å². The molecule has 0 spiro atoms. The molecule has 6 heavy (non-hydrogen) atoms. The Bertz CT molecular complexity index is 30.0. The van der Waals surface area contributed by atoms with Gasteiger partial charge in [0.05, 0.1) is 0 Å². The van der Waals surface area contributed by atoms with Crippen molar-refractivity contribution in [2.24, 2.45) is 0 Å². The highest BCUT2D eigenvalue weighted by atomic mass is 32.2. The molecule has 0 aliphatic carbocycles. The van der Waals surface area contributed by atoms with Crippen molar-refractivity contribution in [3.05, 3.63) is 0 Å². The lowest BCUT2D eigenvalue weighted by Gasteiger charge is -2.03. The molecule has 0 rings (SSSR count). The van der Waals surface area contributed by atoms with Gasteiger partial charge in [0.1, 0.15) is 0 Å². The molecule has 0 saturated carbocycles. The predicted octanol–water partition coefficient (Wildman–Crippen LogP) is 0.331. The van der Waals surface area contributed by atoms with Crippen LogP contribution in [0, 0.1) is 0 Å². The van der Waals surface area contributed by atoms with Gasteiger partial charge in [-0.2, -0.15) is 0 Å². The molecular weight excluding hydrogens is 96.1 g/mol. The summed E-state index contributed by atoms with van der Waals surface area (Å²) in [4.78, 5) is 0. The Labute approximate surface area is 43.2 Å². The smallest absolute Gasteiger partial charge is 0.00520 e. The van der Waals surface area contributed by atoms with Gasteiger partial charge in [-0.3, -0.25) is 4.72 Å². The standard InChI is InChI=1S/C3H10N2S/c1-4-6-5(2)3/h4H,1-3H3. The second kappa shape index (κ2) is 3.46. The first-order valence-electron chi connectivity index (χ1n) is 1.78. The summed E-state index contributed by atoms with van der Waals surface area (Å²) in [5.74, 6) is 0. The van der Waals surface area contributed by atoms with E-state index in [1.165, 1.54) is 0 Å². The van der Waals surface area contributed by atoms with E-state index in [1.807, 2.05) is 25.4 Å². The molecule has 0 aliphatic heterocycles. The molecule has 0 amide bonds. The van der Waals surface area contributed by atoms with Gasteiger partial charge in [0.15, 0.2) is 0 Å². The van der Waals surface area contributed by atoms with Crippen LogP contribution >= 0.6 is 12.1 Å². The molecule has 0 saturated heterocycles. The second-order valence-electron chi connectivity index (χ2n) is 1.11. The van der Waals surface area contributed by atoms with Gasteiger partial charge in [0, 0.05) is 12.1 Å². The average Bonchev–Trinajstić information content (AvgIpc) is 1.35. The minimum absolute atomic E-state index is 1.57. The van der Waals surface area contributed by atoms with E-state index in [0.29, 0.717) is 0 Å². The molecule has 1 N–H and O–H groups in total. The maximum atomic E-state index is 2.91. The Hall–Kier alpha value is 0.270. The molecule has 0 radical (unpaired) electrons. The summed E-state index contributed by atoms with van der Waals surface area (Å²) in [5.41, 5.74) is 0. The van der Waals surface area contributed by atoms with Gasteiger partial charge in [0.25, 0.3) is 0 Å². The van der Waals surface area contributed by atoms with E-state index in [2.05, 4.69) is 4.72 Å². The Kier molecular flexibility index (Phi) is 3.62. The van der Waals surface area contributed by atoms with Gasteiger partial charge in [-0.05, 0) is 21.1 Å². The van der Waals surface area contributed by atoms with Gasteiger partial charge in [-0.15, -0.1) is 0 Å². The third kappa shape index (κ3) is 4.27. The van der Waals surface area contributed by atoms with Crippen molar-refractivity contribution in [1.82, 2.24) is 9.03 Å². The minimum Gasteiger partial charge on any atom is -0.254 e. The summed E-state index contributed by atoms with van der Waals surface area (Å²) >= 11 is 1.57. The molecular formula is C3H10N2S. The third-order valence-corrected chi connectivity index (χ3v) is 0.822. The normalized spacial score (nSPS) is 10.0. The van der Waals surface area contributed by atoms with Gasteiger partial charge in [-0.1, -0.05) is 0 Å². The van der Waals surface area contributed by atoms with Crippen LogP contribution in [0.5, 0.6) is 0 Å². The highest BCUT2D eigenvalue weighted by Crippen LogP contribution is 1.90. The number of nitrogens with one attached hydrogen (secondary N) is 1. The minimum atomic E-state index is 1.57. The molecule has 0 atom stereocenters. The molecule has 3 heteroatoms. The zero-order valence-electron chi connectivity index (χ0n) is 4.36. The molecule has 0 aromatic carbocycles. The van der Waals surface area contributed by atoms with E-state index in [0.717, 1.165) is 0 Å². The Morgan fingerprint density at radius 1 is 1.50 bits per heavy atom. The highest BCUT2D eigenvalue weighted by Gasteiger charge is 1.79. The van der Waals surface area contributed by atoms with E-state index < -0.39 is 0 Å². The maximum Gasteiger partial charge on any atom is 0.00520 e. The summed E-state index contributed by atoms with van der Waals surface area (Å²) < 4.78 is 4.90.